The first kappa shape index (κ1) is 26.8. The van der Waals surface area contributed by atoms with Crippen LogP contribution in [0.3, 0.4) is 0 Å². The number of fused-ring (bicyclic) bond motifs is 2. The van der Waals surface area contributed by atoms with Gasteiger partial charge in [0.2, 0.25) is 5.91 Å². The first-order valence-electron chi connectivity index (χ1n) is 13.1. The molecule has 3 atom stereocenters. The van der Waals surface area contributed by atoms with Gasteiger partial charge < -0.3 is 15.1 Å². The number of aryl methyl sites for hydroxylation is 1. The lowest BCUT2D eigenvalue weighted by Crippen LogP contribution is -2.65. The van der Waals surface area contributed by atoms with Crippen LogP contribution in [-0.4, -0.2) is 64.5 Å². The summed E-state index contributed by atoms with van der Waals surface area (Å²) in [5.41, 5.74) is 2.97. The largest absolute Gasteiger partial charge is 0.340 e. The summed E-state index contributed by atoms with van der Waals surface area (Å²) >= 11 is 3.39. The number of ketones is 1. The standard InChI is InChI=1S/C31H30BrN3O4/c1-20-7-5-8-21(15-20)16-26(33-29(37)23-11-6-12-24(32)17-23)31(39)34-14-13-25-18-27(34)28(36)19-35(25)30(38)22-9-3-2-4-10-22/h2-12,15,17,25-27H,13-14,16,18-19H2,1H3,(H,33,37)/t25-,26+,27?/m1/s1. The molecule has 2 saturated heterocycles. The Bertz CT molecular complexity index is 1410. The molecular formula is C31H30BrN3O4. The summed E-state index contributed by atoms with van der Waals surface area (Å²) in [6.07, 6.45) is 1.28. The van der Waals surface area contributed by atoms with Gasteiger partial charge in [-0.05, 0) is 55.7 Å². The first-order valence-corrected chi connectivity index (χ1v) is 13.9. The summed E-state index contributed by atoms with van der Waals surface area (Å²) in [7, 11) is 0. The monoisotopic (exact) mass is 587 g/mol. The Morgan fingerprint density at radius 3 is 2.44 bits per heavy atom. The minimum absolute atomic E-state index is 0.0280. The van der Waals surface area contributed by atoms with Crippen LogP contribution in [-0.2, 0) is 16.0 Å². The third-order valence-electron chi connectivity index (χ3n) is 7.49. The van der Waals surface area contributed by atoms with E-state index >= 15 is 0 Å². The lowest BCUT2D eigenvalue weighted by Gasteiger charge is -2.48. The molecule has 0 radical (unpaired) electrons. The summed E-state index contributed by atoms with van der Waals surface area (Å²) in [5, 5.41) is 2.94. The number of hydrogen-bond donors (Lipinski definition) is 1. The van der Waals surface area contributed by atoms with Gasteiger partial charge in [0.25, 0.3) is 11.8 Å². The smallest absolute Gasteiger partial charge is 0.254 e. The van der Waals surface area contributed by atoms with Crippen molar-refractivity contribution in [3.05, 3.63) is 106 Å². The number of piperidine rings is 2. The van der Waals surface area contributed by atoms with Crippen LogP contribution in [0.4, 0.5) is 0 Å². The fraction of sp³-hybridized carbons (Fsp3) is 0.290. The highest BCUT2D eigenvalue weighted by molar-refractivity contribution is 9.10. The molecule has 2 heterocycles. The minimum Gasteiger partial charge on any atom is -0.340 e. The summed E-state index contributed by atoms with van der Waals surface area (Å²) in [5.74, 6) is -0.951. The maximum atomic E-state index is 14.0. The Kier molecular flexibility index (Phi) is 7.93. The molecule has 2 aliphatic rings. The molecule has 2 aliphatic heterocycles. The molecule has 39 heavy (non-hydrogen) atoms. The molecule has 0 saturated carbocycles. The topological polar surface area (TPSA) is 86.8 Å². The summed E-state index contributed by atoms with van der Waals surface area (Å²) in [6.45, 7) is 2.30. The number of halogens is 1. The van der Waals surface area contributed by atoms with Crippen LogP contribution >= 0.6 is 15.9 Å². The number of carbonyl (C=O) groups is 4. The van der Waals surface area contributed by atoms with E-state index in [1.165, 1.54) is 0 Å². The van der Waals surface area contributed by atoms with Gasteiger partial charge in [-0.1, -0.05) is 70.0 Å². The van der Waals surface area contributed by atoms with Crippen LogP contribution in [0.1, 0.15) is 44.7 Å². The van der Waals surface area contributed by atoms with E-state index in [9.17, 15) is 19.2 Å². The van der Waals surface area contributed by atoms with Gasteiger partial charge in [-0.3, -0.25) is 19.2 Å². The van der Waals surface area contributed by atoms with Gasteiger partial charge in [0.1, 0.15) is 6.04 Å². The maximum absolute atomic E-state index is 14.0. The quantitative estimate of drug-likeness (QED) is 0.468. The van der Waals surface area contributed by atoms with E-state index in [0.29, 0.717) is 36.9 Å². The molecule has 5 rings (SSSR count). The molecule has 200 valence electrons. The third-order valence-corrected chi connectivity index (χ3v) is 7.98. The second kappa shape index (κ2) is 11.5. The Hall–Kier alpha value is -3.78. The molecule has 0 aliphatic carbocycles. The van der Waals surface area contributed by atoms with Gasteiger partial charge >= 0.3 is 0 Å². The second-order valence-electron chi connectivity index (χ2n) is 10.2. The van der Waals surface area contributed by atoms with Gasteiger partial charge in [0.05, 0.1) is 12.6 Å². The number of rotatable bonds is 6. The van der Waals surface area contributed by atoms with Crippen molar-refractivity contribution in [2.45, 2.75) is 44.3 Å². The Morgan fingerprint density at radius 2 is 1.69 bits per heavy atom. The zero-order chi connectivity index (χ0) is 27.5. The van der Waals surface area contributed by atoms with Crippen molar-refractivity contribution in [1.29, 1.82) is 0 Å². The zero-order valence-electron chi connectivity index (χ0n) is 21.7. The van der Waals surface area contributed by atoms with E-state index in [2.05, 4.69) is 21.2 Å². The van der Waals surface area contributed by atoms with Crippen molar-refractivity contribution in [2.24, 2.45) is 0 Å². The highest BCUT2D eigenvalue weighted by atomic mass is 79.9. The number of likely N-dealkylation sites (tertiary alicyclic amines) is 2. The molecule has 0 aromatic heterocycles. The van der Waals surface area contributed by atoms with Crippen LogP contribution in [0, 0.1) is 6.92 Å². The van der Waals surface area contributed by atoms with Crippen molar-refractivity contribution >= 4 is 39.4 Å². The number of nitrogens with zero attached hydrogens (tertiary/aromatic N) is 2. The Labute approximate surface area is 236 Å². The van der Waals surface area contributed by atoms with Crippen LogP contribution in [0.25, 0.3) is 0 Å². The molecule has 2 bridgehead atoms. The van der Waals surface area contributed by atoms with Gasteiger partial charge in [-0.15, -0.1) is 0 Å². The number of carbonyl (C=O) groups excluding carboxylic acids is 4. The Morgan fingerprint density at radius 1 is 0.949 bits per heavy atom. The first-order chi connectivity index (χ1) is 18.8. The summed E-state index contributed by atoms with van der Waals surface area (Å²) < 4.78 is 0.765. The lowest BCUT2D eigenvalue weighted by molar-refractivity contribution is -0.147. The molecule has 2 fully saturated rings. The van der Waals surface area contributed by atoms with E-state index in [1.807, 2.05) is 43.3 Å². The van der Waals surface area contributed by atoms with E-state index in [1.54, 1.807) is 52.3 Å². The Balaban J connectivity index is 1.35. The fourth-order valence-electron chi connectivity index (χ4n) is 5.53. The predicted molar refractivity (Wildman–Crippen MR) is 151 cm³/mol. The molecular weight excluding hydrogens is 558 g/mol. The molecule has 7 nitrogen and oxygen atoms in total. The van der Waals surface area contributed by atoms with Crippen molar-refractivity contribution in [1.82, 2.24) is 15.1 Å². The number of Topliss-reactive ketones (excluding diaryl/α,β-unsaturated/α-hetero) is 1. The van der Waals surface area contributed by atoms with Gasteiger partial charge in [-0.25, -0.2) is 0 Å². The van der Waals surface area contributed by atoms with Crippen LogP contribution in [0.2, 0.25) is 0 Å². The van der Waals surface area contributed by atoms with E-state index in [4.69, 9.17) is 0 Å². The molecule has 1 unspecified atom stereocenters. The molecule has 3 amide bonds. The molecule has 0 spiro atoms. The molecule has 3 aromatic rings. The SMILES string of the molecule is Cc1cccc(C[C@H](NC(=O)c2cccc(Br)c2)C(=O)N2CC[C@@H]3CC2C(=O)CN3C(=O)c2ccccc2)c1. The zero-order valence-corrected chi connectivity index (χ0v) is 23.3. The lowest BCUT2D eigenvalue weighted by atomic mass is 9.87. The van der Waals surface area contributed by atoms with Crippen molar-refractivity contribution in [3.63, 3.8) is 0 Å². The summed E-state index contributed by atoms with van der Waals surface area (Å²) in [4.78, 5) is 56.8. The second-order valence-corrected chi connectivity index (χ2v) is 11.1. The minimum atomic E-state index is -0.841. The highest BCUT2D eigenvalue weighted by Gasteiger charge is 2.45. The van der Waals surface area contributed by atoms with Gasteiger partial charge in [0, 0.05) is 34.6 Å². The van der Waals surface area contributed by atoms with Crippen LogP contribution < -0.4 is 5.32 Å². The van der Waals surface area contributed by atoms with Crippen molar-refractivity contribution < 1.29 is 19.2 Å². The molecule has 8 heteroatoms. The average Bonchev–Trinajstić information content (AvgIpc) is 2.94. The molecule has 3 aromatic carbocycles. The number of hydrogen-bond acceptors (Lipinski definition) is 4. The highest BCUT2D eigenvalue weighted by Crippen LogP contribution is 2.30. The average molecular weight is 589 g/mol. The van der Waals surface area contributed by atoms with Crippen LogP contribution in [0.15, 0.2) is 83.3 Å². The van der Waals surface area contributed by atoms with Crippen LogP contribution in [0.5, 0.6) is 0 Å². The van der Waals surface area contributed by atoms with Gasteiger partial charge in [0.15, 0.2) is 5.78 Å². The number of amides is 3. The van der Waals surface area contributed by atoms with E-state index in [-0.39, 0.29) is 36.1 Å². The predicted octanol–water partition coefficient (Wildman–Crippen LogP) is 4.18. The van der Waals surface area contributed by atoms with Gasteiger partial charge in [-0.2, -0.15) is 0 Å². The van der Waals surface area contributed by atoms with E-state index < -0.39 is 12.1 Å². The third kappa shape index (κ3) is 5.96. The number of nitrogens with one attached hydrogen (secondary N) is 1. The summed E-state index contributed by atoms with van der Waals surface area (Å²) in [6, 6.07) is 22.2. The van der Waals surface area contributed by atoms with Crippen molar-refractivity contribution in [3.8, 4) is 0 Å². The normalized spacial score (nSPS) is 19.4. The van der Waals surface area contributed by atoms with E-state index in [0.717, 1.165) is 15.6 Å². The maximum Gasteiger partial charge on any atom is 0.254 e. The number of benzene rings is 3. The fourth-order valence-corrected chi connectivity index (χ4v) is 5.93. The van der Waals surface area contributed by atoms with Crippen molar-refractivity contribution in [2.75, 3.05) is 13.1 Å². The molecule has 1 N–H and O–H groups in total.